The second-order valence-corrected chi connectivity index (χ2v) is 5.19. The highest BCUT2D eigenvalue weighted by molar-refractivity contribution is 4.81. The van der Waals surface area contributed by atoms with Crippen LogP contribution in [0.15, 0.2) is 18.5 Å². The first kappa shape index (κ1) is 14.2. The fraction of sp³-hybridized carbons (Fsp3) is 0.750. The topological polar surface area (TPSA) is 50.5 Å². The largest absolute Gasteiger partial charge is 0.389 e. The van der Waals surface area contributed by atoms with Gasteiger partial charge in [0.15, 0.2) is 0 Å². The van der Waals surface area contributed by atoms with Crippen molar-refractivity contribution in [3.8, 4) is 0 Å². The Balaban J connectivity index is 2.34. The van der Waals surface area contributed by atoms with E-state index < -0.39 is 6.10 Å². The maximum absolute atomic E-state index is 9.72. The van der Waals surface area contributed by atoms with Gasteiger partial charge in [-0.15, -0.1) is 0 Å². The van der Waals surface area contributed by atoms with E-state index in [9.17, 15) is 5.11 Å². The number of nitrogens with zero attached hydrogens (tertiary/aromatic N) is 3. The molecule has 5 nitrogen and oxygen atoms in total. The minimum atomic E-state index is -0.457. The van der Waals surface area contributed by atoms with Gasteiger partial charge in [0.05, 0.1) is 24.9 Å². The van der Waals surface area contributed by atoms with Gasteiger partial charge in [0.2, 0.25) is 0 Å². The van der Waals surface area contributed by atoms with Crippen molar-refractivity contribution in [2.24, 2.45) is 0 Å². The zero-order valence-electron chi connectivity index (χ0n) is 11.1. The summed E-state index contributed by atoms with van der Waals surface area (Å²) < 4.78 is 7.56. The lowest BCUT2D eigenvalue weighted by Gasteiger charge is -2.27. The second kappa shape index (κ2) is 6.14. The normalized spacial score (nSPS) is 14.2. The average molecular weight is 241 g/mol. The van der Waals surface area contributed by atoms with Crippen LogP contribution in [0, 0.1) is 0 Å². The highest BCUT2D eigenvalue weighted by atomic mass is 16.5. The molecule has 0 aromatic carbocycles. The lowest BCUT2D eigenvalue weighted by atomic mass is 10.1. The van der Waals surface area contributed by atoms with E-state index in [0.29, 0.717) is 19.7 Å². The molecule has 0 radical (unpaired) electrons. The second-order valence-electron chi connectivity index (χ2n) is 5.19. The zero-order chi connectivity index (χ0) is 12.9. The van der Waals surface area contributed by atoms with E-state index in [0.717, 1.165) is 0 Å². The molecule has 0 fully saturated rings. The van der Waals surface area contributed by atoms with Gasteiger partial charge >= 0.3 is 0 Å². The summed E-state index contributed by atoms with van der Waals surface area (Å²) in [7, 11) is 3.86. The fourth-order valence-electron chi connectivity index (χ4n) is 1.63. The van der Waals surface area contributed by atoms with Crippen LogP contribution in [0.4, 0.5) is 0 Å². The minimum absolute atomic E-state index is 0.334. The molecule has 1 atom stereocenters. The van der Waals surface area contributed by atoms with Crippen molar-refractivity contribution >= 4 is 0 Å². The van der Waals surface area contributed by atoms with Gasteiger partial charge in [0.1, 0.15) is 0 Å². The number of ether oxygens (including phenoxy) is 1. The molecule has 0 spiro atoms. The Kier molecular flexibility index (Phi) is 5.11. The van der Waals surface area contributed by atoms with Crippen molar-refractivity contribution in [2.75, 3.05) is 27.2 Å². The number of aliphatic hydroxyl groups is 1. The Morgan fingerprint density at radius 2 is 2.18 bits per heavy atom. The molecule has 5 heteroatoms. The Morgan fingerprint density at radius 3 is 2.71 bits per heavy atom. The summed E-state index contributed by atoms with van der Waals surface area (Å²) in [6.07, 6.45) is 3.19. The third-order valence-electron chi connectivity index (χ3n) is 2.34. The van der Waals surface area contributed by atoms with Crippen molar-refractivity contribution in [1.82, 2.24) is 14.7 Å². The molecular formula is C12H23N3O2. The minimum Gasteiger partial charge on any atom is -0.389 e. The molecule has 0 unspecified atom stereocenters. The number of aromatic nitrogens is 2. The van der Waals surface area contributed by atoms with Crippen LogP contribution < -0.4 is 0 Å². The highest BCUT2D eigenvalue weighted by Gasteiger charge is 2.21. The van der Waals surface area contributed by atoms with Crippen LogP contribution in [0.2, 0.25) is 0 Å². The Hall–Kier alpha value is -0.910. The summed E-state index contributed by atoms with van der Waals surface area (Å²) >= 11 is 0. The lowest BCUT2D eigenvalue weighted by molar-refractivity contribution is -0.0727. The van der Waals surface area contributed by atoms with E-state index in [1.54, 1.807) is 6.20 Å². The molecule has 0 amide bonds. The summed E-state index contributed by atoms with van der Waals surface area (Å²) in [5.74, 6) is 0. The highest BCUT2D eigenvalue weighted by Crippen LogP contribution is 2.12. The van der Waals surface area contributed by atoms with Crippen molar-refractivity contribution < 1.29 is 9.84 Å². The third-order valence-corrected chi connectivity index (χ3v) is 2.34. The SMILES string of the molecule is CN(C)C[C@H](O)COC(C)(C)Cn1cccn1. The van der Waals surface area contributed by atoms with Gasteiger partial charge in [-0.2, -0.15) is 5.10 Å². The first-order valence-electron chi connectivity index (χ1n) is 5.83. The van der Waals surface area contributed by atoms with Crippen LogP contribution in [0.3, 0.4) is 0 Å². The maximum atomic E-state index is 9.72. The smallest absolute Gasteiger partial charge is 0.0900 e. The summed E-state index contributed by atoms with van der Waals surface area (Å²) in [6, 6.07) is 1.89. The molecule has 17 heavy (non-hydrogen) atoms. The van der Waals surface area contributed by atoms with Crippen LogP contribution in [0.1, 0.15) is 13.8 Å². The van der Waals surface area contributed by atoms with Gasteiger partial charge in [-0.25, -0.2) is 0 Å². The predicted molar refractivity (Wildman–Crippen MR) is 66.8 cm³/mol. The first-order chi connectivity index (χ1) is 7.89. The van der Waals surface area contributed by atoms with Gasteiger partial charge in [0.25, 0.3) is 0 Å². The van der Waals surface area contributed by atoms with Crippen LogP contribution in [0.25, 0.3) is 0 Å². The first-order valence-corrected chi connectivity index (χ1v) is 5.83. The molecule has 0 aliphatic rings. The predicted octanol–water partition coefficient (Wildman–Crippen LogP) is 0.601. The lowest BCUT2D eigenvalue weighted by Crippen LogP contribution is -2.37. The molecule has 1 aromatic rings. The van der Waals surface area contributed by atoms with Gasteiger partial charge in [0, 0.05) is 18.9 Å². The van der Waals surface area contributed by atoms with Gasteiger partial charge in [-0.05, 0) is 34.0 Å². The fourth-order valence-corrected chi connectivity index (χ4v) is 1.63. The standard InChI is InChI=1S/C12H23N3O2/c1-12(2,10-15-7-5-6-13-15)17-9-11(16)8-14(3)4/h5-7,11,16H,8-10H2,1-4H3/t11-/m0/s1. The van der Waals surface area contributed by atoms with E-state index in [1.165, 1.54) is 0 Å². The molecule has 1 aromatic heterocycles. The quantitative estimate of drug-likeness (QED) is 0.759. The molecule has 1 N–H and O–H groups in total. The van der Waals surface area contributed by atoms with E-state index in [-0.39, 0.29) is 5.60 Å². The number of likely N-dealkylation sites (N-methyl/N-ethyl adjacent to an activating group) is 1. The summed E-state index contributed by atoms with van der Waals surface area (Å²) in [5, 5.41) is 13.9. The number of rotatable bonds is 7. The molecule has 0 saturated heterocycles. The molecule has 0 saturated carbocycles. The zero-order valence-corrected chi connectivity index (χ0v) is 11.1. The van der Waals surface area contributed by atoms with Crippen molar-refractivity contribution in [3.63, 3.8) is 0 Å². The Morgan fingerprint density at radius 1 is 1.47 bits per heavy atom. The molecule has 0 bridgehead atoms. The Bertz CT molecular complexity index is 310. The molecular weight excluding hydrogens is 218 g/mol. The third kappa shape index (κ3) is 5.81. The van der Waals surface area contributed by atoms with Crippen LogP contribution in [-0.2, 0) is 11.3 Å². The van der Waals surface area contributed by atoms with Gasteiger partial charge < -0.3 is 14.7 Å². The van der Waals surface area contributed by atoms with Crippen LogP contribution in [-0.4, -0.2) is 58.7 Å². The van der Waals surface area contributed by atoms with E-state index in [2.05, 4.69) is 5.10 Å². The van der Waals surface area contributed by atoms with Gasteiger partial charge in [-0.3, -0.25) is 4.68 Å². The maximum Gasteiger partial charge on any atom is 0.0900 e. The molecule has 0 aliphatic carbocycles. The van der Waals surface area contributed by atoms with E-state index in [1.807, 2.05) is 49.8 Å². The van der Waals surface area contributed by atoms with Crippen molar-refractivity contribution in [1.29, 1.82) is 0 Å². The van der Waals surface area contributed by atoms with Gasteiger partial charge in [-0.1, -0.05) is 0 Å². The van der Waals surface area contributed by atoms with Crippen molar-refractivity contribution in [3.05, 3.63) is 18.5 Å². The molecule has 1 heterocycles. The van der Waals surface area contributed by atoms with E-state index in [4.69, 9.17) is 4.74 Å². The summed E-state index contributed by atoms with van der Waals surface area (Å²) in [4.78, 5) is 1.94. The average Bonchev–Trinajstić information content (AvgIpc) is 2.66. The van der Waals surface area contributed by atoms with E-state index >= 15 is 0 Å². The summed E-state index contributed by atoms with van der Waals surface area (Å²) in [5.41, 5.74) is -0.334. The molecule has 98 valence electrons. The molecule has 1 rings (SSSR count). The molecule has 0 aliphatic heterocycles. The number of aliphatic hydroxyl groups excluding tert-OH is 1. The monoisotopic (exact) mass is 241 g/mol. The number of hydrogen-bond donors (Lipinski definition) is 1. The van der Waals surface area contributed by atoms with Crippen LogP contribution >= 0.6 is 0 Å². The number of hydrogen-bond acceptors (Lipinski definition) is 4. The summed E-state index contributed by atoms with van der Waals surface area (Å²) in [6.45, 7) is 5.62. The van der Waals surface area contributed by atoms with Crippen LogP contribution in [0.5, 0.6) is 0 Å². The van der Waals surface area contributed by atoms with Crippen molar-refractivity contribution in [2.45, 2.75) is 32.1 Å². The Labute approximate surface area is 103 Å².